The highest BCUT2D eigenvalue weighted by atomic mass is 35.5. The van der Waals surface area contributed by atoms with Crippen LogP contribution in [0.4, 0.5) is 0 Å². The first-order chi connectivity index (χ1) is 9.19. The Bertz CT molecular complexity index is 555. The maximum atomic E-state index is 12.0. The second-order valence-corrected chi connectivity index (χ2v) is 4.33. The molecule has 100 valence electrons. The molecule has 0 aliphatic carbocycles. The van der Waals surface area contributed by atoms with Crippen molar-refractivity contribution in [3.8, 4) is 0 Å². The Morgan fingerprint density at radius 1 is 1.47 bits per heavy atom. The average Bonchev–Trinajstić information content (AvgIpc) is 2.91. The molecule has 7 heteroatoms. The fourth-order valence-corrected chi connectivity index (χ4v) is 1.83. The molecule has 1 N–H and O–H groups in total. The average molecular weight is 280 g/mol. The Kier molecular flexibility index (Phi) is 4.46. The number of nitrogens with one attached hydrogen (secondary N) is 1. The van der Waals surface area contributed by atoms with Gasteiger partial charge in [0.2, 0.25) is 0 Å². The molecule has 2 rings (SSSR count). The van der Waals surface area contributed by atoms with Crippen molar-refractivity contribution in [3.63, 3.8) is 0 Å². The van der Waals surface area contributed by atoms with E-state index in [4.69, 9.17) is 11.6 Å². The molecular weight excluding hydrogens is 266 g/mol. The fraction of sp³-hybridized carbons (Fsp3) is 0.333. The second-order valence-electron chi connectivity index (χ2n) is 3.95. The van der Waals surface area contributed by atoms with Crippen LogP contribution in [-0.2, 0) is 13.0 Å². The summed E-state index contributed by atoms with van der Waals surface area (Å²) < 4.78 is 1.65. The third-order valence-corrected chi connectivity index (χ3v) is 2.76. The molecule has 1 amide bonds. The largest absolute Gasteiger partial charge is 0.350 e. The lowest BCUT2D eigenvalue weighted by Crippen LogP contribution is -2.27. The van der Waals surface area contributed by atoms with Crippen molar-refractivity contribution in [1.82, 2.24) is 25.3 Å². The zero-order valence-corrected chi connectivity index (χ0v) is 11.3. The van der Waals surface area contributed by atoms with Crippen molar-refractivity contribution in [1.29, 1.82) is 0 Å². The molecule has 0 aliphatic heterocycles. The number of carbonyl (C=O) groups is 1. The topological polar surface area (TPSA) is 72.7 Å². The van der Waals surface area contributed by atoms with Crippen LogP contribution >= 0.6 is 11.6 Å². The van der Waals surface area contributed by atoms with Crippen molar-refractivity contribution in [2.45, 2.75) is 19.9 Å². The van der Waals surface area contributed by atoms with Crippen LogP contribution in [0, 0.1) is 0 Å². The quantitative estimate of drug-likeness (QED) is 0.838. The summed E-state index contributed by atoms with van der Waals surface area (Å²) in [7, 11) is 0. The molecule has 2 heterocycles. The van der Waals surface area contributed by atoms with E-state index >= 15 is 0 Å². The van der Waals surface area contributed by atoms with E-state index in [1.807, 2.05) is 6.92 Å². The van der Waals surface area contributed by atoms with E-state index < -0.39 is 0 Å². The number of hydrogen-bond donors (Lipinski definition) is 1. The van der Waals surface area contributed by atoms with E-state index in [-0.39, 0.29) is 5.91 Å². The van der Waals surface area contributed by atoms with Crippen LogP contribution < -0.4 is 5.32 Å². The van der Waals surface area contributed by atoms with Crippen molar-refractivity contribution < 1.29 is 4.79 Å². The van der Waals surface area contributed by atoms with Gasteiger partial charge in [-0.15, -0.1) is 5.10 Å². The zero-order chi connectivity index (χ0) is 13.7. The first-order valence-electron chi connectivity index (χ1n) is 5.98. The molecule has 0 saturated carbocycles. The molecule has 0 bridgehead atoms. The molecule has 0 atom stereocenters. The number of carbonyl (C=O) groups excluding carboxylic acids is 1. The van der Waals surface area contributed by atoms with Gasteiger partial charge in [0.25, 0.3) is 5.91 Å². The van der Waals surface area contributed by atoms with Gasteiger partial charge in [0.05, 0.1) is 12.7 Å². The minimum atomic E-state index is -0.167. The summed E-state index contributed by atoms with van der Waals surface area (Å²) in [6, 6.07) is 3.31. The van der Waals surface area contributed by atoms with Gasteiger partial charge < -0.3 is 5.32 Å². The lowest BCUT2D eigenvalue weighted by molar-refractivity contribution is 0.0951. The number of pyridine rings is 1. The molecule has 2 aromatic rings. The van der Waals surface area contributed by atoms with Gasteiger partial charge in [0, 0.05) is 24.0 Å². The van der Waals surface area contributed by atoms with Crippen LogP contribution in [-0.4, -0.2) is 32.4 Å². The lowest BCUT2D eigenvalue weighted by atomic mass is 10.2. The first kappa shape index (κ1) is 13.5. The van der Waals surface area contributed by atoms with Crippen molar-refractivity contribution in [2.75, 3.05) is 6.54 Å². The second kappa shape index (κ2) is 6.29. The smallest absolute Gasteiger partial charge is 0.251 e. The standard InChI is InChI=1S/C12H14ClN5O/c1-2-10-7-9(8-11(13)16-10)12(19)14-3-5-18-6-4-15-17-18/h4,6-8H,2-3,5H2,1H3,(H,14,19). The minimum absolute atomic E-state index is 0.167. The lowest BCUT2D eigenvalue weighted by Gasteiger charge is -2.06. The van der Waals surface area contributed by atoms with Crippen LogP contribution in [0.15, 0.2) is 24.5 Å². The third-order valence-electron chi connectivity index (χ3n) is 2.57. The molecular formula is C12H14ClN5O. The van der Waals surface area contributed by atoms with Gasteiger partial charge in [-0.1, -0.05) is 23.7 Å². The molecule has 2 aromatic heterocycles. The van der Waals surface area contributed by atoms with Crippen molar-refractivity contribution >= 4 is 17.5 Å². The highest BCUT2D eigenvalue weighted by Crippen LogP contribution is 2.11. The molecule has 0 aliphatic rings. The summed E-state index contributed by atoms with van der Waals surface area (Å²) in [5, 5.41) is 10.6. The number of nitrogens with zero attached hydrogens (tertiary/aromatic N) is 4. The molecule has 0 aromatic carbocycles. The summed E-state index contributed by atoms with van der Waals surface area (Å²) in [5.41, 5.74) is 1.32. The van der Waals surface area contributed by atoms with Gasteiger partial charge in [-0.2, -0.15) is 0 Å². The molecule has 19 heavy (non-hydrogen) atoms. The molecule has 6 nitrogen and oxygen atoms in total. The molecule has 0 radical (unpaired) electrons. The Balaban J connectivity index is 1.94. The molecule has 0 fully saturated rings. The summed E-state index contributed by atoms with van der Waals surface area (Å²) in [6.07, 6.45) is 4.07. The zero-order valence-electron chi connectivity index (χ0n) is 10.5. The van der Waals surface area contributed by atoms with Crippen molar-refractivity contribution in [3.05, 3.63) is 40.9 Å². The van der Waals surface area contributed by atoms with Crippen molar-refractivity contribution in [2.24, 2.45) is 0 Å². The number of aromatic nitrogens is 4. The summed E-state index contributed by atoms with van der Waals surface area (Å²) >= 11 is 5.87. The van der Waals surface area contributed by atoms with Gasteiger partial charge in [-0.05, 0) is 18.6 Å². The van der Waals surface area contributed by atoms with Crippen LogP contribution in [0.1, 0.15) is 23.0 Å². The van der Waals surface area contributed by atoms with E-state index in [2.05, 4.69) is 20.6 Å². The maximum absolute atomic E-state index is 12.0. The monoisotopic (exact) mass is 279 g/mol. The fourth-order valence-electron chi connectivity index (χ4n) is 1.60. The third kappa shape index (κ3) is 3.75. The highest BCUT2D eigenvalue weighted by molar-refractivity contribution is 6.29. The van der Waals surface area contributed by atoms with Crippen LogP contribution in [0.3, 0.4) is 0 Å². The molecule has 0 saturated heterocycles. The number of aryl methyl sites for hydroxylation is 1. The minimum Gasteiger partial charge on any atom is -0.350 e. The van der Waals surface area contributed by atoms with Gasteiger partial charge in [-0.25, -0.2) is 4.98 Å². The number of amides is 1. The SMILES string of the molecule is CCc1cc(C(=O)NCCn2ccnn2)cc(Cl)n1. The van der Waals surface area contributed by atoms with Crippen LogP contribution in [0.2, 0.25) is 5.15 Å². The van der Waals surface area contributed by atoms with Crippen LogP contribution in [0.25, 0.3) is 0 Å². The highest BCUT2D eigenvalue weighted by Gasteiger charge is 2.08. The van der Waals surface area contributed by atoms with Gasteiger partial charge in [0.1, 0.15) is 5.15 Å². The van der Waals surface area contributed by atoms with Gasteiger partial charge in [-0.3, -0.25) is 9.48 Å². The molecule has 0 spiro atoms. The Morgan fingerprint density at radius 3 is 3.00 bits per heavy atom. The van der Waals surface area contributed by atoms with E-state index in [0.717, 1.165) is 12.1 Å². The van der Waals surface area contributed by atoms with Gasteiger partial charge in [0.15, 0.2) is 0 Å². The Morgan fingerprint density at radius 2 is 2.32 bits per heavy atom. The summed E-state index contributed by atoms with van der Waals surface area (Å²) in [4.78, 5) is 16.1. The number of rotatable bonds is 5. The Labute approximate surface area is 115 Å². The predicted molar refractivity (Wildman–Crippen MR) is 71.0 cm³/mol. The van der Waals surface area contributed by atoms with E-state index in [0.29, 0.717) is 23.8 Å². The summed E-state index contributed by atoms with van der Waals surface area (Å²) in [5.74, 6) is -0.167. The first-order valence-corrected chi connectivity index (χ1v) is 6.35. The maximum Gasteiger partial charge on any atom is 0.251 e. The number of halogens is 1. The van der Waals surface area contributed by atoms with Gasteiger partial charge >= 0.3 is 0 Å². The Hall–Kier alpha value is -1.95. The normalized spacial score (nSPS) is 10.4. The predicted octanol–water partition coefficient (Wildman–Crippen LogP) is 1.32. The number of hydrogen-bond acceptors (Lipinski definition) is 4. The summed E-state index contributed by atoms with van der Waals surface area (Å²) in [6.45, 7) is 3.01. The van der Waals surface area contributed by atoms with E-state index in [1.54, 1.807) is 29.2 Å². The molecule has 0 unspecified atom stereocenters. The van der Waals surface area contributed by atoms with E-state index in [9.17, 15) is 4.79 Å². The van der Waals surface area contributed by atoms with E-state index in [1.165, 1.54) is 0 Å². The van der Waals surface area contributed by atoms with Crippen LogP contribution in [0.5, 0.6) is 0 Å².